The zero-order valence-electron chi connectivity index (χ0n) is 11.4. The Kier molecular flexibility index (Phi) is 6.11. The molecule has 1 aromatic carbocycles. The van der Waals surface area contributed by atoms with E-state index in [1.54, 1.807) is 12.1 Å². The summed E-state index contributed by atoms with van der Waals surface area (Å²) < 4.78 is 5.38. The molecule has 1 N–H and O–H groups in total. The van der Waals surface area contributed by atoms with Gasteiger partial charge in [-0.3, -0.25) is 4.79 Å². The van der Waals surface area contributed by atoms with Crippen LogP contribution < -0.4 is 5.32 Å². The molecule has 0 heterocycles. The van der Waals surface area contributed by atoms with Crippen molar-refractivity contribution in [2.75, 3.05) is 13.2 Å². The van der Waals surface area contributed by atoms with E-state index in [1.807, 2.05) is 26.8 Å². The van der Waals surface area contributed by atoms with Crippen molar-refractivity contribution in [3.05, 3.63) is 33.8 Å². The Balaban J connectivity index is 2.32. The summed E-state index contributed by atoms with van der Waals surface area (Å²) in [6, 6.07) is 5.35. The van der Waals surface area contributed by atoms with Gasteiger partial charge in [-0.25, -0.2) is 0 Å². The SMILES string of the molecule is CC(C)(C)OCC(=O)NCCc1ccc(Cl)cc1Cl. The third-order valence-electron chi connectivity index (χ3n) is 2.37. The van der Waals surface area contributed by atoms with E-state index in [1.165, 1.54) is 0 Å². The summed E-state index contributed by atoms with van der Waals surface area (Å²) in [5.74, 6) is -0.125. The Hall–Kier alpha value is -0.770. The summed E-state index contributed by atoms with van der Waals surface area (Å²) in [4.78, 5) is 11.5. The fourth-order valence-electron chi connectivity index (χ4n) is 1.39. The van der Waals surface area contributed by atoms with E-state index in [0.717, 1.165) is 5.56 Å². The van der Waals surface area contributed by atoms with Gasteiger partial charge in [-0.15, -0.1) is 0 Å². The summed E-state index contributed by atoms with van der Waals surface area (Å²) in [7, 11) is 0. The van der Waals surface area contributed by atoms with E-state index in [4.69, 9.17) is 27.9 Å². The van der Waals surface area contributed by atoms with Crippen molar-refractivity contribution in [2.45, 2.75) is 32.8 Å². The first-order valence-electron chi connectivity index (χ1n) is 6.12. The smallest absolute Gasteiger partial charge is 0.246 e. The number of carbonyl (C=O) groups is 1. The van der Waals surface area contributed by atoms with Gasteiger partial charge >= 0.3 is 0 Å². The number of carbonyl (C=O) groups excluding carboxylic acids is 1. The molecule has 0 radical (unpaired) electrons. The van der Waals surface area contributed by atoms with Crippen molar-refractivity contribution < 1.29 is 9.53 Å². The quantitative estimate of drug-likeness (QED) is 0.904. The molecule has 0 saturated heterocycles. The molecule has 5 heteroatoms. The number of hydrogen-bond acceptors (Lipinski definition) is 2. The van der Waals surface area contributed by atoms with Crippen LogP contribution in [0, 0.1) is 0 Å². The van der Waals surface area contributed by atoms with Gasteiger partial charge in [0, 0.05) is 16.6 Å². The molecule has 3 nitrogen and oxygen atoms in total. The van der Waals surface area contributed by atoms with Crippen LogP contribution in [-0.4, -0.2) is 24.7 Å². The van der Waals surface area contributed by atoms with Crippen molar-refractivity contribution in [1.29, 1.82) is 0 Å². The van der Waals surface area contributed by atoms with Gasteiger partial charge in [-0.2, -0.15) is 0 Å². The van der Waals surface area contributed by atoms with Crippen LogP contribution in [0.2, 0.25) is 10.0 Å². The average Bonchev–Trinajstić information content (AvgIpc) is 2.28. The largest absolute Gasteiger partial charge is 0.366 e. The minimum absolute atomic E-state index is 0.0673. The number of ether oxygens (including phenoxy) is 1. The van der Waals surface area contributed by atoms with Gasteiger partial charge in [0.15, 0.2) is 0 Å². The third-order valence-corrected chi connectivity index (χ3v) is 2.95. The van der Waals surface area contributed by atoms with Crippen LogP contribution in [0.1, 0.15) is 26.3 Å². The van der Waals surface area contributed by atoms with Crippen molar-refractivity contribution in [1.82, 2.24) is 5.32 Å². The van der Waals surface area contributed by atoms with Crippen LogP contribution in [0.3, 0.4) is 0 Å². The minimum Gasteiger partial charge on any atom is -0.366 e. The van der Waals surface area contributed by atoms with Gasteiger partial charge in [0.1, 0.15) is 6.61 Å². The second-order valence-electron chi connectivity index (χ2n) is 5.24. The van der Waals surface area contributed by atoms with Gasteiger partial charge in [0.2, 0.25) is 5.91 Å². The summed E-state index contributed by atoms with van der Waals surface area (Å²) in [5, 5.41) is 4.02. The molecular weight excluding hydrogens is 285 g/mol. The predicted octanol–water partition coefficient (Wildman–Crippen LogP) is 3.47. The van der Waals surface area contributed by atoms with Gasteiger partial charge in [-0.1, -0.05) is 29.3 Å². The third kappa shape index (κ3) is 6.81. The average molecular weight is 304 g/mol. The first kappa shape index (κ1) is 16.3. The molecule has 1 rings (SSSR count). The first-order chi connectivity index (χ1) is 8.78. The van der Waals surface area contributed by atoms with E-state index in [0.29, 0.717) is 23.0 Å². The number of halogens is 2. The summed E-state index contributed by atoms with van der Waals surface area (Å²) in [5.41, 5.74) is 0.653. The number of hydrogen-bond donors (Lipinski definition) is 1. The lowest BCUT2D eigenvalue weighted by atomic mass is 10.1. The Labute approximate surface area is 124 Å². The van der Waals surface area contributed by atoms with Crippen molar-refractivity contribution >= 4 is 29.1 Å². The molecular formula is C14H19Cl2NO2. The highest BCUT2D eigenvalue weighted by molar-refractivity contribution is 6.35. The fraction of sp³-hybridized carbons (Fsp3) is 0.500. The maximum absolute atomic E-state index is 11.5. The van der Waals surface area contributed by atoms with Crippen molar-refractivity contribution in [3.63, 3.8) is 0 Å². The van der Waals surface area contributed by atoms with Crippen molar-refractivity contribution in [2.24, 2.45) is 0 Å². The second-order valence-corrected chi connectivity index (χ2v) is 6.08. The maximum Gasteiger partial charge on any atom is 0.246 e. The van der Waals surface area contributed by atoms with Gasteiger partial charge in [-0.05, 0) is 44.9 Å². The molecule has 0 saturated carbocycles. The normalized spacial score (nSPS) is 11.4. The molecule has 0 aliphatic carbocycles. The van der Waals surface area contributed by atoms with Gasteiger partial charge < -0.3 is 10.1 Å². The van der Waals surface area contributed by atoms with Crippen LogP contribution in [0.15, 0.2) is 18.2 Å². The Bertz CT molecular complexity index is 442. The highest BCUT2D eigenvalue weighted by Crippen LogP contribution is 2.20. The molecule has 1 aromatic rings. The van der Waals surface area contributed by atoms with Gasteiger partial charge in [0.25, 0.3) is 0 Å². The summed E-state index contributed by atoms with van der Waals surface area (Å²) in [6.45, 7) is 6.32. The molecule has 0 unspecified atom stereocenters. The number of benzene rings is 1. The lowest BCUT2D eigenvalue weighted by molar-refractivity contribution is -0.130. The topological polar surface area (TPSA) is 38.3 Å². The minimum atomic E-state index is -0.309. The summed E-state index contributed by atoms with van der Waals surface area (Å²) in [6.07, 6.45) is 0.664. The zero-order chi connectivity index (χ0) is 14.5. The zero-order valence-corrected chi connectivity index (χ0v) is 12.9. The Morgan fingerprint density at radius 2 is 2.00 bits per heavy atom. The maximum atomic E-state index is 11.5. The fourth-order valence-corrected chi connectivity index (χ4v) is 1.90. The van der Waals surface area contributed by atoms with E-state index < -0.39 is 0 Å². The predicted molar refractivity (Wildman–Crippen MR) is 78.9 cm³/mol. The number of nitrogens with one attached hydrogen (secondary N) is 1. The molecule has 0 fully saturated rings. The summed E-state index contributed by atoms with van der Waals surface area (Å²) >= 11 is 11.9. The Morgan fingerprint density at radius 1 is 1.32 bits per heavy atom. The molecule has 0 aliphatic rings. The lowest BCUT2D eigenvalue weighted by Gasteiger charge is -2.19. The molecule has 0 aromatic heterocycles. The van der Waals surface area contributed by atoms with Crippen LogP contribution in [0.4, 0.5) is 0 Å². The second kappa shape index (κ2) is 7.13. The van der Waals surface area contributed by atoms with Crippen molar-refractivity contribution in [3.8, 4) is 0 Å². The standard InChI is InChI=1S/C14H19Cl2NO2/c1-14(2,3)19-9-13(18)17-7-6-10-4-5-11(15)8-12(10)16/h4-5,8H,6-7,9H2,1-3H3,(H,17,18). The molecule has 0 bridgehead atoms. The first-order valence-corrected chi connectivity index (χ1v) is 6.88. The van der Waals surface area contributed by atoms with E-state index >= 15 is 0 Å². The lowest BCUT2D eigenvalue weighted by Crippen LogP contribution is -2.33. The van der Waals surface area contributed by atoms with Crippen LogP contribution >= 0.6 is 23.2 Å². The highest BCUT2D eigenvalue weighted by Gasteiger charge is 2.12. The number of rotatable bonds is 5. The van der Waals surface area contributed by atoms with E-state index in [9.17, 15) is 4.79 Å². The van der Waals surface area contributed by atoms with Crippen LogP contribution in [-0.2, 0) is 16.0 Å². The Morgan fingerprint density at radius 3 is 2.58 bits per heavy atom. The molecule has 19 heavy (non-hydrogen) atoms. The molecule has 0 aliphatic heterocycles. The highest BCUT2D eigenvalue weighted by atomic mass is 35.5. The molecule has 1 amide bonds. The van der Waals surface area contributed by atoms with Crippen LogP contribution in [0.25, 0.3) is 0 Å². The van der Waals surface area contributed by atoms with Crippen LogP contribution in [0.5, 0.6) is 0 Å². The number of amides is 1. The molecule has 106 valence electrons. The molecule has 0 atom stereocenters. The molecule has 0 spiro atoms. The van der Waals surface area contributed by atoms with E-state index in [2.05, 4.69) is 5.32 Å². The monoisotopic (exact) mass is 303 g/mol. The van der Waals surface area contributed by atoms with Gasteiger partial charge in [0.05, 0.1) is 5.60 Å². The van der Waals surface area contributed by atoms with E-state index in [-0.39, 0.29) is 18.1 Å².